The molecular formula is C24H31F2N3. The van der Waals surface area contributed by atoms with Crippen molar-refractivity contribution in [2.75, 3.05) is 13.6 Å². The second-order valence-corrected chi connectivity index (χ2v) is 8.73. The molecule has 3 nitrogen and oxygen atoms in total. The number of nitrogens with zero attached hydrogens (tertiary/aromatic N) is 2. The van der Waals surface area contributed by atoms with E-state index in [2.05, 4.69) is 28.3 Å². The van der Waals surface area contributed by atoms with Gasteiger partial charge < -0.3 is 15.1 Å². The Kier molecular flexibility index (Phi) is 5.41. The van der Waals surface area contributed by atoms with E-state index in [1.807, 2.05) is 7.05 Å². The average Bonchev–Trinajstić information content (AvgIpc) is 3.21. The van der Waals surface area contributed by atoms with E-state index in [0.717, 1.165) is 22.9 Å². The Hall–Kier alpha value is -2.30. The molecule has 1 aromatic carbocycles. The number of halogens is 2. The molecule has 1 N–H and O–H groups in total. The molecule has 2 aliphatic heterocycles. The Morgan fingerprint density at radius 1 is 1.21 bits per heavy atom. The summed E-state index contributed by atoms with van der Waals surface area (Å²) >= 11 is 0. The Balaban J connectivity index is 1.54. The van der Waals surface area contributed by atoms with Crippen molar-refractivity contribution in [3.05, 3.63) is 71.0 Å². The van der Waals surface area contributed by atoms with E-state index in [1.54, 1.807) is 6.92 Å². The van der Waals surface area contributed by atoms with Crippen molar-refractivity contribution >= 4 is 0 Å². The molecular weight excluding hydrogens is 368 g/mol. The molecule has 0 bridgehead atoms. The zero-order valence-electron chi connectivity index (χ0n) is 17.5. The minimum atomic E-state index is -0.455. The Labute approximate surface area is 172 Å². The molecule has 29 heavy (non-hydrogen) atoms. The first-order valence-electron chi connectivity index (χ1n) is 10.7. The number of benzene rings is 1. The minimum absolute atomic E-state index is 0.204. The van der Waals surface area contributed by atoms with Crippen LogP contribution >= 0.6 is 0 Å². The number of allylic oxidation sites excluding steroid dienone is 1. The van der Waals surface area contributed by atoms with Gasteiger partial charge in [-0.05, 0) is 37.8 Å². The molecule has 1 aliphatic carbocycles. The number of fused-ring (bicyclic) bond motifs is 1. The normalized spacial score (nSPS) is 22.5. The van der Waals surface area contributed by atoms with E-state index in [-0.39, 0.29) is 11.5 Å². The van der Waals surface area contributed by atoms with Crippen LogP contribution in [-0.4, -0.2) is 29.4 Å². The third-order valence-corrected chi connectivity index (χ3v) is 6.73. The van der Waals surface area contributed by atoms with Gasteiger partial charge in [0, 0.05) is 54.6 Å². The summed E-state index contributed by atoms with van der Waals surface area (Å²) < 4.78 is 29.2. The van der Waals surface area contributed by atoms with Crippen LogP contribution in [0.5, 0.6) is 0 Å². The van der Waals surface area contributed by atoms with Gasteiger partial charge in [-0.15, -0.1) is 0 Å². The van der Waals surface area contributed by atoms with Crippen molar-refractivity contribution in [1.82, 2.24) is 15.1 Å². The molecule has 5 heteroatoms. The molecule has 0 amide bonds. The average molecular weight is 400 g/mol. The molecule has 0 spiro atoms. The molecule has 156 valence electrons. The van der Waals surface area contributed by atoms with Crippen LogP contribution in [0.1, 0.15) is 62.0 Å². The predicted octanol–water partition coefficient (Wildman–Crippen LogP) is 5.52. The lowest BCUT2D eigenvalue weighted by Crippen LogP contribution is -2.30. The lowest BCUT2D eigenvalue weighted by Gasteiger charge is -2.27. The Morgan fingerprint density at radius 3 is 2.66 bits per heavy atom. The minimum Gasteiger partial charge on any atom is -0.386 e. The fourth-order valence-corrected chi connectivity index (χ4v) is 5.06. The zero-order valence-corrected chi connectivity index (χ0v) is 17.5. The Bertz CT molecular complexity index is 867. The summed E-state index contributed by atoms with van der Waals surface area (Å²) in [6.45, 7) is 10.7. The van der Waals surface area contributed by atoms with Gasteiger partial charge >= 0.3 is 0 Å². The van der Waals surface area contributed by atoms with Crippen molar-refractivity contribution < 1.29 is 8.78 Å². The van der Waals surface area contributed by atoms with E-state index >= 15 is 0 Å². The molecule has 2 fully saturated rings. The van der Waals surface area contributed by atoms with Crippen molar-refractivity contribution in [2.24, 2.45) is 0 Å². The molecule has 0 radical (unpaired) electrons. The third kappa shape index (κ3) is 3.67. The van der Waals surface area contributed by atoms with Gasteiger partial charge in [0.25, 0.3) is 0 Å². The van der Waals surface area contributed by atoms with Crippen LogP contribution in [0, 0.1) is 18.6 Å². The number of nitrogens with one attached hydrogen (secondary N) is 1. The molecule has 1 saturated heterocycles. The van der Waals surface area contributed by atoms with Crippen LogP contribution in [0.4, 0.5) is 8.78 Å². The first kappa shape index (κ1) is 20.0. The summed E-state index contributed by atoms with van der Waals surface area (Å²) in [7, 11) is 2.01. The van der Waals surface area contributed by atoms with Crippen molar-refractivity contribution in [2.45, 2.75) is 63.8 Å². The largest absolute Gasteiger partial charge is 0.386 e. The second-order valence-electron chi connectivity index (χ2n) is 8.73. The van der Waals surface area contributed by atoms with Crippen LogP contribution in [0.2, 0.25) is 0 Å². The lowest BCUT2D eigenvalue weighted by atomic mass is 9.93. The van der Waals surface area contributed by atoms with Gasteiger partial charge in [0.05, 0.1) is 0 Å². The summed E-state index contributed by atoms with van der Waals surface area (Å²) in [5.41, 5.74) is 3.97. The van der Waals surface area contributed by atoms with Crippen molar-refractivity contribution in [3.8, 4) is 0 Å². The highest BCUT2D eigenvalue weighted by atomic mass is 19.1. The number of hydrogen-bond acceptors (Lipinski definition) is 3. The predicted molar refractivity (Wildman–Crippen MR) is 113 cm³/mol. The van der Waals surface area contributed by atoms with Crippen molar-refractivity contribution in [1.29, 1.82) is 0 Å². The summed E-state index contributed by atoms with van der Waals surface area (Å²) in [5.74, 6) is -0.203. The van der Waals surface area contributed by atoms with E-state index in [0.29, 0.717) is 31.0 Å². The molecule has 4 rings (SSSR count). The van der Waals surface area contributed by atoms with E-state index in [1.165, 1.54) is 44.2 Å². The second kappa shape index (κ2) is 7.85. The summed E-state index contributed by atoms with van der Waals surface area (Å²) in [6, 6.07) is 3.39. The summed E-state index contributed by atoms with van der Waals surface area (Å²) in [4.78, 5) is 4.22. The standard InChI is InChI=1S/C24H31F2N3/c1-15-10-11-20(25)23(24(15)26)18-13-22-21(28(4)17(3)29(22)14-18)12-16(2)27-19-8-6-5-7-9-19/h10-11,18-19,27H,2-3,5-9,12-14H2,1,4H3/t18-/m1/s1. The molecule has 1 aromatic rings. The molecule has 1 atom stereocenters. The number of hydrogen-bond donors (Lipinski definition) is 1. The SMILES string of the molecule is C=C(CC1=C2C[C@@H](c3c(F)ccc(C)c3F)CN2C(=C)N1C)NC1CCCCC1. The van der Waals surface area contributed by atoms with Crippen LogP contribution in [-0.2, 0) is 0 Å². The first-order valence-corrected chi connectivity index (χ1v) is 10.7. The van der Waals surface area contributed by atoms with Crippen LogP contribution in [0.15, 0.2) is 48.2 Å². The highest BCUT2D eigenvalue weighted by Crippen LogP contribution is 2.46. The maximum Gasteiger partial charge on any atom is 0.132 e. The van der Waals surface area contributed by atoms with Gasteiger partial charge in [0.2, 0.25) is 0 Å². The topological polar surface area (TPSA) is 18.5 Å². The fraction of sp³-hybridized carbons (Fsp3) is 0.500. The van der Waals surface area contributed by atoms with E-state index in [9.17, 15) is 8.78 Å². The van der Waals surface area contributed by atoms with Crippen LogP contribution in [0.3, 0.4) is 0 Å². The monoisotopic (exact) mass is 399 g/mol. The number of aryl methyl sites for hydroxylation is 1. The quantitative estimate of drug-likeness (QED) is 0.704. The molecule has 0 aromatic heterocycles. The molecule has 0 unspecified atom stereocenters. The van der Waals surface area contributed by atoms with Gasteiger partial charge in [0.15, 0.2) is 0 Å². The fourth-order valence-electron chi connectivity index (χ4n) is 5.06. The lowest BCUT2D eigenvalue weighted by molar-refractivity contribution is 0.378. The van der Waals surface area contributed by atoms with Gasteiger partial charge in [-0.1, -0.05) is 38.5 Å². The van der Waals surface area contributed by atoms with E-state index < -0.39 is 11.6 Å². The smallest absolute Gasteiger partial charge is 0.132 e. The molecule has 3 aliphatic rings. The van der Waals surface area contributed by atoms with Gasteiger partial charge in [-0.2, -0.15) is 0 Å². The molecule has 2 heterocycles. The maximum absolute atomic E-state index is 14.7. The Morgan fingerprint density at radius 2 is 1.93 bits per heavy atom. The van der Waals surface area contributed by atoms with E-state index in [4.69, 9.17) is 0 Å². The van der Waals surface area contributed by atoms with Gasteiger partial charge in [-0.3, -0.25) is 0 Å². The van der Waals surface area contributed by atoms with Crippen LogP contribution in [0.25, 0.3) is 0 Å². The van der Waals surface area contributed by atoms with Gasteiger partial charge in [0.1, 0.15) is 17.5 Å². The zero-order chi connectivity index (χ0) is 20.7. The highest BCUT2D eigenvalue weighted by Gasteiger charge is 2.40. The summed E-state index contributed by atoms with van der Waals surface area (Å²) in [6.07, 6.45) is 7.61. The highest BCUT2D eigenvalue weighted by molar-refractivity contribution is 5.39. The van der Waals surface area contributed by atoms with Crippen molar-refractivity contribution in [3.63, 3.8) is 0 Å². The number of rotatable bonds is 5. The van der Waals surface area contributed by atoms with Crippen LogP contribution < -0.4 is 5.32 Å². The van der Waals surface area contributed by atoms with Gasteiger partial charge in [-0.25, -0.2) is 8.78 Å². The third-order valence-electron chi connectivity index (χ3n) is 6.73. The molecule has 1 saturated carbocycles. The first-order chi connectivity index (χ1) is 13.9. The maximum atomic E-state index is 14.7. The summed E-state index contributed by atoms with van der Waals surface area (Å²) in [5, 5.41) is 3.61.